The van der Waals surface area contributed by atoms with Crippen molar-refractivity contribution in [2.45, 2.75) is 38.8 Å². The molecule has 2 saturated heterocycles. The van der Waals surface area contributed by atoms with Crippen molar-refractivity contribution in [2.75, 3.05) is 32.7 Å². The quantitative estimate of drug-likeness (QED) is 0.818. The van der Waals surface area contributed by atoms with E-state index in [4.69, 9.17) is 0 Å². The molecule has 5 nitrogen and oxygen atoms in total. The van der Waals surface area contributed by atoms with E-state index in [-0.39, 0.29) is 37.2 Å². The number of amides is 1. The lowest BCUT2D eigenvalue weighted by Crippen LogP contribution is -2.49. The third-order valence-corrected chi connectivity index (χ3v) is 5.18. The minimum atomic E-state index is 0. The lowest BCUT2D eigenvalue weighted by Gasteiger charge is -2.34. The molecule has 0 aliphatic carbocycles. The molecule has 0 saturated carbocycles. The second-order valence-corrected chi connectivity index (χ2v) is 7.07. The van der Waals surface area contributed by atoms with E-state index in [1.807, 2.05) is 11.8 Å². The highest BCUT2D eigenvalue weighted by atomic mass is 35.5. The van der Waals surface area contributed by atoms with E-state index in [0.717, 1.165) is 56.4 Å². The summed E-state index contributed by atoms with van der Waals surface area (Å²) in [5.41, 5.74) is 1.16. The Labute approximate surface area is 166 Å². The molecule has 0 spiro atoms. The first-order valence-corrected chi connectivity index (χ1v) is 8.73. The standard InChI is InChI=1S/C15H24N4OS.3ClH/c1-12-17-14(11-21-12)10-18-5-7-19(8-6-18)15(20)9-13-3-2-4-16-13;;;/h11,13,16H,2-10H2,1H3;3*1H. The molecule has 2 aliphatic rings. The number of hydrogen-bond donors (Lipinski definition) is 1. The maximum atomic E-state index is 12.3. The van der Waals surface area contributed by atoms with Crippen molar-refractivity contribution in [3.8, 4) is 0 Å². The molecule has 1 amide bonds. The van der Waals surface area contributed by atoms with Gasteiger partial charge in [0.05, 0.1) is 10.7 Å². The van der Waals surface area contributed by atoms with Gasteiger partial charge in [0.1, 0.15) is 0 Å². The fourth-order valence-electron chi connectivity index (χ4n) is 3.14. The number of halogens is 3. The average Bonchev–Trinajstić information content (AvgIpc) is 3.12. The van der Waals surface area contributed by atoms with Crippen LogP contribution in [-0.2, 0) is 11.3 Å². The molecule has 1 aromatic rings. The van der Waals surface area contributed by atoms with Gasteiger partial charge in [-0.3, -0.25) is 9.69 Å². The molecule has 1 atom stereocenters. The summed E-state index contributed by atoms with van der Waals surface area (Å²) in [5.74, 6) is 0.318. The number of thiazole rings is 1. The van der Waals surface area contributed by atoms with Crippen LogP contribution in [0, 0.1) is 6.92 Å². The fourth-order valence-corrected chi connectivity index (χ4v) is 3.74. The van der Waals surface area contributed by atoms with Crippen LogP contribution in [0.25, 0.3) is 0 Å². The zero-order valence-electron chi connectivity index (χ0n) is 13.9. The third-order valence-electron chi connectivity index (χ3n) is 4.36. The first-order chi connectivity index (χ1) is 10.2. The molecule has 9 heteroatoms. The largest absolute Gasteiger partial charge is 0.340 e. The predicted molar refractivity (Wildman–Crippen MR) is 106 cm³/mol. The molecule has 2 fully saturated rings. The summed E-state index contributed by atoms with van der Waals surface area (Å²) >= 11 is 1.71. The highest BCUT2D eigenvalue weighted by Gasteiger charge is 2.25. The summed E-state index contributed by atoms with van der Waals surface area (Å²) in [7, 11) is 0. The Morgan fingerprint density at radius 3 is 2.54 bits per heavy atom. The Kier molecular flexibility index (Phi) is 11.4. The highest BCUT2D eigenvalue weighted by molar-refractivity contribution is 7.09. The van der Waals surface area contributed by atoms with Gasteiger partial charge in [-0.25, -0.2) is 4.98 Å². The molecule has 0 bridgehead atoms. The monoisotopic (exact) mass is 416 g/mol. The van der Waals surface area contributed by atoms with Gasteiger partial charge < -0.3 is 10.2 Å². The Balaban J connectivity index is 0.00000176. The number of hydrogen-bond acceptors (Lipinski definition) is 5. The van der Waals surface area contributed by atoms with Crippen molar-refractivity contribution in [2.24, 2.45) is 0 Å². The van der Waals surface area contributed by atoms with Crippen molar-refractivity contribution in [1.82, 2.24) is 20.1 Å². The topological polar surface area (TPSA) is 48.5 Å². The number of nitrogens with zero attached hydrogens (tertiary/aromatic N) is 3. The maximum absolute atomic E-state index is 12.3. The Bertz CT molecular complexity index is 489. The van der Waals surface area contributed by atoms with Gasteiger partial charge in [0.15, 0.2) is 0 Å². The first kappa shape index (κ1) is 23.9. The number of rotatable bonds is 4. The normalized spacial score (nSPS) is 20.7. The molecule has 3 rings (SSSR count). The Hall–Kier alpha value is -0.110. The highest BCUT2D eigenvalue weighted by Crippen LogP contribution is 2.14. The van der Waals surface area contributed by atoms with Crippen molar-refractivity contribution in [3.05, 3.63) is 16.1 Å². The molecule has 3 heterocycles. The Morgan fingerprint density at radius 2 is 2.00 bits per heavy atom. The van der Waals surface area contributed by atoms with Crippen molar-refractivity contribution in [3.63, 3.8) is 0 Å². The van der Waals surface area contributed by atoms with Crippen LogP contribution in [0.5, 0.6) is 0 Å². The van der Waals surface area contributed by atoms with Gasteiger partial charge >= 0.3 is 0 Å². The van der Waals surface area contributed by atoms with Crippen LogP contribution in [0.2, 0.25) is 0 Å². The first-order valence-electron chi connectivity index (χ1n) is 7.85. The van der Waals surface area contributed by atoms with E-state index < -0.39 is 0 Å². The Morgan fingerprint density at radius 1 is 1.29 bits per heavy atom. The third kappa shape index (κ3) is 6.65. The molecule has 140 valence electrons. The summed E-state index contributed by atoms with van der Waals surface area (Å²) in [6, 6.07) is 0.411. The van der Waals surface area contributed by atoms with E-state index in [1.54, 1.807) is 11.3 Å². The van der Waals surface area contributed by atoms with Crippen molar-refractivity contribution >= 4 is 54.5 Å². The fraction of sp³-hybridized carbons (Fsp3) is 0.733. The molecule has 1 unspecified atom stereocenters. The van der Waals surface area contributed by atoms with Gasteiger partial charge in [-0.2, -0.15) is 0 Å². The zero-order chi connectivity index (χ0) is 14.7. The lowest BCUT2D eigenvalue weighted by atomic mass is 10.1. The molecule has 0 aromatic carbocycles. The smallest absolute Gasteiger partial charge is 0.224 e. The molecule has 1 N–H and O–H groups in total. The second kappa shape index (κ2) is 11.5. The summed E-state index contributed by atoms with van der Waals surface area (Å²) < 4.78 is 0. The van der Waals surface area contributed by atoms with Gasteiger partial charge in [-0.15, -0.1) is 48.6 Å². The van der Waals surface area contributed by atoms with Gasteiger partial charge in [-0.05, 0) is 26.3 Å². The van der Waals surface area contributed by atoms with E-state index in [2.05, 4.69) is 20.6 Å². The van der Waals surface area contributed by atoms with Crippen LogP contribution >= 0.6 is 48.6 Å². The van der Waals surface area contributed by atoms with E-state index >= 15 is 0 Å². The molecule has 24 heavy (non-hydrogen) atoms. The van der Waals surface area contributed by atoms with E-state index in [9.17, 15) is 4.79 Å². The molecule has 2 aliphatic heterocycles. The number of aryl methyl sites for hydroxylation is 1. The van der Waals surface area contributed by atoms with Crippen LogP contribution < -0.4 is 5.32 Å². The molecule has 0 radical (unpaired) electrons. The average molecular weight is 418 g/mol. The van der Waals surface area contributed by atoms with Crippen LogP contribution in [0.4, 0.5) is 0 Å². The van der Waals surface area contributed by atoms with E-state index in [1.165, 1.54) is 6.42 Å². The number of carbonyl (C=O) groups excluding carboxylic acids is 1. The molecule has 1 aromatic heterocycles. The van der Waals surface area contributed by atoms with Gasteiger partial charge in [0.2, 0.25) is 5.91 Å². The summed E-state index contributed by atoms with van der Waals surface area (Å²) in [5, 5.41) is 6.67. The predicted octanol–water partition coefficient (Wildman–Crippen LogP) is 2.50. The van der Waals surface area contributed by atoms with E-state index in [0.29, 0.717) is 18.4 Å². The number of nitrogens with one attached hydrogen (secondary N) is 1. The SMILES string of the molecule is Cc1nc(CN2CCN(C(=O)CC3CCCN3)CC2)cs1.Cl.Cl.Cl. The maximum Gasteiger partial charge on any atom is 0.224 e. The van der Waals surface area contributed by atoms with Crippen LogP contribution in [0.1, 0.15) is 30.0 Å². The second-order valence-electron chi connectivity index (χ2n) is 6.01. The molecular weight excluding hydrogens is 391 g/mol. The summed E-state index contributed by atoms with van der Waals surface area (Å²) in [6.45, 7) is 7.65. The van der Waals surface area contributed by atoms with Crippen LogP contribution in [0.3, 0.4) is 0 Å². The van der Waals surface area contributed by atoms with Crippen LogP contribution in [0.15, 0.2) is 5.38 Å². The van der Waals surface area contributed by atoms with Crippen LogP contribution in [-0.4, -0.2) is 59.5 Å². The number of piperazine rings is 1. The minimum absolute atomic E-state index is 0. The van der Waals surface area contributed by atoms with Gasteiger partial charge in [-0.1, -0.05) is 0 Å². The minimum Gasteiger partial charge on any atom is -0.340 e. The summed E-state index contributed by atoms with van der Waals surface area (Å²) in [6.07, 6.45) is 3.03. The van der Waals surface area contributed by atoms with Crippen molar-refractivity contribution < 1.29 is 4.79 Å². The van der Waals surface area contributed by atoms with Crippen molar-refractivity contribution in [1.29, 1.82) is 0 Å². The number of aromatic nitrogens is 1. The zero-order valence-corrected chi connectivity index (χ0v) is 17.2. The van der Waals surface area contributed by atoms with Gasteiger partial charge in [0.25, 0.3) is 0 Å². The van der Waals surface area contributed by atoms with Gasteiger partial charge in [0, 0.05) is 50.6 Å². The molecular formula is C15H27Cl3N4OS. The number of carbonyl (C=O) groups is 1. The lowest BCUT2D eigenvalue weighted by molar-refractivity contribution is -0.133. The summed E-state index contributed by atoms with van der Waals surface area (Å²) in [4.78, 5) is 21.2.